The van der Waals surface area contributed by atoms with Gasteiger partial charge >= 0.3 is 5.97 Å². The highest BCUT2D eigenvalue weighted by molar-refractivity contribution is 5.73. The number of nitrogens with one attached hydrogen (secondary N) is 1. The van der Waals surface area contributed by atoms with Gasteiger partial charge in [-0.25, -0.2) is 0 Å². The molecule has 5 nitrogen and oxygen atoms in total. The number of hydrogen-bond donors (Lipinski definition) is 2. The molecule has 1 saturated heterocycles. The van der Waals surface area contributed by atoms with Gasteiger partial charge in [0.15, 0.2) is 0 Å². The third-order valence-corrected chi connectivity index (χ3v) is 3.94. The maximum Gasteiger partial charge on any atom is 0.320 e. The second kappa shape index (κ2) is 7.22. The number of ether oxygens (including phenoxy) is 1. The van der Waals surface area contributed by atoms with Gasteiger partial charge in [0.1, 0.15) is 6.04 Å². The molecular formula is C14H26N2O3. The van der Waals surface area contributed by atoms with Gasteiger partial charge in [-0.3, -0.25) is 4.79 Å². The Morgan fingerprint density at radius 2 is 2.26 bits per heavy atom. The predicted molar refractivity (Wildman–Crippen MR) is 73.2 cm³/mol. The van der Waals surface area contributed by atoms with Crippen LogP contribution in [0.5, 0.6) is 0 Å². The van der Waals surface area contributed by atoms with Crippen LogP contribution < -0.4 is 5.32 Å². The van der Waals surface area contributed by atoms with Crippen LogP contribution >= 0.6 is 0 Å². The van der Waals surface area contributed by atoms with Crippen molar-refractivity contribution < 1.29 is 14.6 Å². The summed E-state index contributed by atoms with van der Waals surface area (Å²) >= 11 is 0. The summed E-state index contributed by atoms with van der Waals surface area (Å²) in [5, 5.41) is 12.4. The van der Waals surface area contributed by atoms with E-state index in [2.05, 4.69) is 17.3 Å². The van der Waals surface area contributed by atoms with E-state index in [4.69, 9.17) is 4.74 Å². The summed E-state index contributed by atoms with van der Waals surface area (Å²) in [4.78, 5) is 13.4. The molecule has 2 aliphatic rings. The van der Waals surface area contributed by atoms with Crippen molar-refractivity contribution in [2.45, 2.75) is 44.2 Å². The first kappa shape index (κ1) is 14.8. The van der Waals surface area contributed by atoms with Crippen LogP contribution in [0.25, 0.3) is 0 Å². The predicted octanol–water partition coefficient (Wildman–Crippen LogP) is 0.940. The Balaban J connectivity index is 1.65. The van der Waals surface area contributed by atoms with Gasteiger partial charge in [-0.1, -0.05) is 0 Å². The van der Waals surface area contributed by atoms with Crippen molar-refractivity contribution in [2.24, 2.45) is 5.92 Å². The molecule has 110 valence electrons. The monoisotopic (exact) mass is 270 g/mol. The Kier molecular flexibility index (Phi) is 5.60. The van der Waals surface area contributed by atoms with Crippen molar-refractivity contribution >= 4 is 5.97 Å². The summed E-state index contributed by atoms with van der Waals surface area (Å²) in [5.74, 6) is -0.111. The van der Waals surface area contributed by atoms with Gasteiger partial charge in [0, 0.05) is 19.2 Å². The lowest BCUT2D eigenvalue weighted by Crippen LogP contribution is -2.41. The Labute approximate surface area is 115 Å². The molecule has 1 aliphatic carbocycles. The number of nitrogens with zero attached hydrogens (tertiary/aromatic N) is 1. The zero-order chi connectivity index (χ0) is 13.7. The fourth-order valence-electron chi connectivity index (χ4n) is 2.65. The van der Waals surface area contributed by atoms with Crippen LogP contribution in [0.3, 0.4) is 0 Å². The summed E-state index contributed by atoms with van der Waals surface area (Å²) in [6.45, 7) is 3.59. The molecular weight excluding hydrogens is 244 g/mol. The summed E-state index contributed by atoms with van der Waals surface area (Å²) in [6, 6.07) is 0.0516. The molecule has 19 heavy (non-hydrogen) atoms. The van der Waals surface area contributed by atoms with Gasteiger partial charge in [-0.2, -0.15) is 0 Å². The van der Waals surface area contributed by atoms with Gasteiger partial charge in [0.2, 0.25) is 0 Å². The number of carboxylic acid groups (broad SMARTS) is 1. The first-order valence-corrected chi connectivity index (χ1v) is 7.40. The number of rotatable bonds is 8. The highest BCUT2D eigenvalue weighted by Crippen LogP contribution is 2.20. The van der Waals surface area contributed by atoms with Gasteiger partial charge in [0.05, 0.1) is 6.61 Å². The fourth-order valence-corrected chi connectivity index (χ4v) is 2.65. The van der Waals surface area contributed by atoms with E-state index >= 15 is 0 Å². The number of hydrogen-bond acceptors (Lipinski definition) is 4. The topological polar surface area (TPSA) is 61.8 Å². The third kappa shape index (κ3) is 5.47. The molecule has 0 spiro atoms. The highest BCUT2D eigenvalue weighted by atomic mass is 16.5. The molecule has 0 aromatic heterocycles. The average Bonchev–Trinajstić information content (AvgIpc) is 3.19. The molecule has 2 fully saturated rings. The second-order valence-corrected chi connectivity index (χ2v) is 5.97. The van der Waals surface area contributed by atoms with Crippen LogP contribution in [0.1, 0.15) is 32.1 Å². The standard InChI is InChI=1S/C14H26N2O3/c1-16(9-11-3-2-8-19-10-11)7-6-13(14(17)18)15-12-4-5-12/h11-13,15H,2-10H2,1H3,(H,17,18). The van der Waals surface area contributed by atoms with Crippen LogP contribution in [0.15, 0.2) is 0 Å². The molecule has 0 radical (unpaired) electrons. The number of aliphatic carboxylic acids is 1. The van der Waals surface area contributed by atoms with E-state index in [1.165, 1.54) is 6.42 Å². The quantitative estimate of drug-likeness (QED) is 0.687. The van der Waals surface area contributed by atoms with Crippen LogP contribution in [0.2, 0.25) is 0 Å². The van der Waals surface area contributed by atoms with E-state index < -0.39 is 12.0 Å². The second-order valence-electron chi connectivity index (χ2n) is 5.97. The normalized spacial score (nSPS) is 25.5. The maximum atomic E-state index is 11.2. The lowest BCUT2D eigenvalue weighted by Gasteiger charge is -2.27. The minimum absolute atomic E-state index is 0.391. The molecule has 2 unspecified atom stereocenters. The van der Waals surface area contributed by atoms with E-state index in [9.17, 15) is 9.90 Å². The van der Waals surface area contributed by atoms with Crippen molar-refractivity contribution in [3.05, 3.63) is 0 Å². The summed E-state index contributed by atoms with van der Waals surface area (Å²) in [6.07, 6.45) is 5.31. The van der Waals surface area contributed by atoms with Crippen molar-refractivity contribution in [1.82, 2.24) is 10.2 Å². The van der Waals surface area contributed by atoms with Crippen molar-refractivity contribution in [2.75, 3.05) is 33.4 Å². The van der Waals surface area contributed by atoms with Crippen molar-refractivity contribution in [3.63, 3.8) is 0 Å². The molecule has 2 rings (SSSR count). The molecule has 0 aromatic carbocycles. The van der Waals surface area contributed by atoms with Gasteiger partial charge in [0.25, 0.3) is 0 Å². The SMILES string of the molecule is CN(CCC(NC1CC1)C(=O)O)CC1CCCOC1. The average molecular weight is 270 g/mol. The van der Waals surface area contributed by atoms with E-state index in [1.54, 1.807) is 0 Å². The first-order chi connectivity index (χ1) is 9.15. The van der Waals surface area contributed by atoms with Crippen LogP contribution in [-0.2, 0) is 9.53 Å². The maximum absolute atomic E-state index is 11.2. The van der Waals surface area contributed by atoms with Gasteiger partial charge < -0.3 is 20.1 Å². The minimum Gasteiger partial charge on any atom is -0.480 e. The third-order valence-electron chi connectivity index (χ3n) is 3.94. The van der Waals surface area contributed by atoms with E-state index in [0.717, 1.165) is 45.6 Å². The molecule has 1 aliphatic heterocycles. The molecule has 2 N–H and O–H groups in total. The highest BCUT2D eigenvalue weighted by Gasteiger charge is 2.28. The summed E-state index contributed by atoms with van der Waals surface area (Å²) in [5.41, 5.74) is 0. The van der Waals surface area contributed by atoms with E-state index in [1.807, 2.05) is 0 Å². The van der Waals surface area contributed by atoms with E-state index in [-0.39, 0.29) is 0 Å². The van der Waals surface area contributed by atoms with Crippen molar-refractivity contribution in [1.29, 1.82) is 0 Å². The Morgan fingerprint density at radius 1 is 1.47 bits per heavy atom. The van der Waals surface area contributed by atoms with Crippen LogP contribution in [-0.4, -0.2) is 61.4 Å². The largest absolute Gasteiger partial charge is 0.480 e. The Hall–Kier alpha value is -0.650. The minimum atomic E-state index is -0.721. The number of carbonyl (C=O) groups is 1. The molecule has 5 heteroatoms. The lowest BCUT2D eigenvalue weighted by atomic mass is 10.0. The Bertz CT molecular complexity index is 288. The molecule has 2 atom stereocenters. The smallest absolute Gasteiger partial charge is 0.320 e. The van der Waals surface area contributed by atoms with Gasteiger partial charge in [-0.05, 0) is 51.6 Å². The van der Waals surface area contributed by atoms with Gasteiger partial charge in [-0.15, -0.1) is 0 Å². The molecule has 0 bridgehead atoms. The number of carboxylic acids is 1. The van der Waals surface area contributed by atoms with Crippen LogP contribution in [0.4, 0.5) is 0 Å². The first-order valence-electron chi connectivity index (χ1n) is 7.40. The molecule has 0 amide bonds. The summed E-state index contributed by atoms with van der Waals surface area (Å²) < 4.78 is 5.47. The van der Waals surface area contributed by atoms with Crippen LogP contribution in [0, 0.1) is 5.92 Å². The molecule has 1 heterocycles. The lowest BCUT2D eigenvalue weighted by molar-refractivity contribution is -0.139. The molecule has 1 saturated carbocycles. The van der Waals surface area contributed by atoms with Crippen molar-refractivity contribution in [3.8, 4) is 0 Å². The molecule has 0 aromatic rings. The Morgan fingerprint density at radius 3 is 2.84 bits per heavy atom. The zero-order valence-corrected chi connectivity index (χ0v) is 11.8. The summed E-state index contributed by atoms with van der Waals surface area (Å²) in [7, 11) is 2.07. The van der Waals surface area contributed by atoms with E-state index in [0.29, 0.717) is 18.4 Å². The fraction of sp³-hybridized carbons (Fsp3) is 0.929. The zero-order valence-electron chi connectivity index (χ0n) is 11.8.